The summed E-state index contributed by atoms with van der Waals surface area (Å²) in [5, 5.41) is 0. The molecule has 1 aromatic carbocycles. The van der Waals surface area contributed by atoms with Crippen LogP contribution in [0.3, 0.4) is 0 Å². The first kappa shape index (κ1) is 13.0. The Bertz CT molecular complexity index is 756. The molecule has 0 saturated carbocycles. The number of benzene rings is 1. The van der Waals surface area contributed by atoms with Crippen molar-refractivity contribution in [2.75, 3.05) is 18.0 Å². The molecule has 0 bridgehead atoms. The number of aromatic nitrogens is 1. The Labute approximate surface area is 128 Å². The van der Waals surface area contributed by atoms with E-state index in [1.165, 1.54) is 5.56 Å². The van der Waals surface area contributed by atoms with E-state index < -0.39 is 0 Å². The van der Waals surface area contributed by atoms with Crippen LogP contribution in [0.25, 0.3) is 0 Å². The highest BCUT2D eigenvalue weighted by molar-refractivity contribution is 6.18. The Kier molecular flexibility index (Phi) is 2.92. The van der Waals surface area contributed by atoms with Gasteiger partial charge in [-0.25, -0.2) is 4.98 Å². The molecule has 22 heavy (non-hydrogen) atoms. The topological polar surface area (TPSA) is 48.8 Å². The van der Waals surface area contributed by atoms with Crippen molar-refractivity contribution in [1.29, 1.82) is 0 Å². The van der Waals surface area contributed by atoms with Crippen LogP contribution in [0.4, 0.5) is 5.82 Å². The monoisotopic (exact) mass is 292 g/mol. The zero-order chi connectivity index (χ0) is 15.1. The molecule has 5 nitrogen and oxygen atoms in total. The van der Waals surface area contributed by atoms with Crippen molar-refractivity contribution in [2.24, 2.45) is 4.99 Å². The van der Waals surface area contributed by atoms with Crippen LogP contribution < -0.4 is 4.90 Å². The Morgan fingerprint density at radius 3 is 2.77 bits per heavy atom. The quantitative estimate of drug-likeness (QED) is 0.854. The third kappa shape index (κ3) is 1.82. The highest BCUT2D eigenvalue weighted by Crippen LogP contribution is 2.34. The number of rotatable bonds is 2. The second kappa shape index (κ2) is 4.94. The highest BCUT2D eigenvalue weighted by Gasteiger charge is 2.40. The number of pyridine rings is 1. The molecular formula is C17H16N4O. The van der Waals surface area contributed by atoms with Crippen molar-refractivity contribution < 1.29 is 4.79 Å². The summed E-state index contributed by atoms with van der Waals surface area (Å²) in [6, 6.07) is 13.9. The molecule has 0 fully saturated rings. The maximum atomic E-state index is 12.6. The lowest BCUT2D eigenvalue weighted by molar-refractivity contribution is 0.0850. The molecule has 1 unspecified atom stereocenters. The number of hydrogen-bond donors (Lipinski definition) is 0. The molecule has 1 aromatic heterocycles. The van der Waals surface area contributed by atoms with Gasteiger partial charge in [0.15, 0.2) is 0 Å². The van der Waals surface area contributed by atoms with Crippen LogP contribution in [0.1, 0.15) is 28.9 Å². The molecule has 0 N–H and O–H groups in total. The molecule has 0 spiro atoms. The Morgan fingerprint density at radius 1 is 1.14 bits per heavy atom. The number of carbonyl (C=O) groups excluding carboxylic acids is 1. The van der Waals surface area contributed by atoms with Gasteiger partial charge in [0.1, 0.15) is 5.82 Å². The molecule has 4 rings (SSSR count). The van der Waals surface area contributed by atoms with E-state index >= 15 is 0 Å². The smallest absolute Gasteiger partial charge is 0.264 e. The third-order valence-electron chi connectivity index (χ3n) is 4.19. The van der Waals surface area contributed by atoms with Crippen LogP contribution in [0, 0.1) is 0 Å². The van der Waals surface area contributed by atoms with Gasteiger partial charge in [-0.2, -0.15) is 0 Å². The molecule has 1 amide bonds. The van der Waals surface area contributed by atoms with Crippen molar-refractivity contribution in [3.63, 3.8) is 0 Å². The van der Waals surface area contributed by atoms with Gasteiger partial charge >= 0.3 is 0 Å². The molecule has 1 atom stereocenters. The first-order valence-corrected chi connectivity index (χ1v) is 7.43. The van der Waals surface area contributed by atoms with E-state index in [2.05, 4.69) is 33.9 Å². The fourth-order valence-electron chi connectivity index (χ4n) is 3.07. The molecule has 110 valence electrons. The van der Waals surface area contributed by atoms with Crippen molar-refractivity contribution in [3.8, 4) is 0 Å². The number of amides is 1. The van der Waals surface area contributed by atoms with Crippen LogP contribution in [0.5, 0.6) is 0 Å². The van der Waals surface area contributed by atoms with Crippen LogP contribution in [-0.2, 0) is 0 Å². The summed E-state index contributed by atoms with van der Waals surface area (Å²) in [7, 11) is 0. The molecule has 2 aliphatic heterocycles. The highest BCUT2D eigenvalue weighted by atomic mass is 16.2. The minimum absolute atomic E-state index is 0.00383. The summed E-state index contributed by atoms with van der Waals surface area (Å²) < 4.78 is 0. The van der Waals surface area contributed by atoms with Crippen molar-refractivity contribution in [2.45, 2.75) is 13.0 Å². The molecule has 3 heterocycles. The summed E-state index contributed by atoms with van der Waals surface area (Å²) in [4.78, 5) is 25.4. The lowest BCUT2D eigenvalue weighted by Gasteiger charge is -2.38. The lowest BCUT2D eigenvalue weighted by atomic mass is 10.0. The first-order valence-electron chi connectivity index (χ1n) is 7.43. The Hall–Kier alpha value is -2.69. The number of anilines is 1. The van der Waals surface area contributed by atoms with Gasteiger partial charge in [0.05, 0.1) is 18.2 Å². The molecule has 5 heteroatoms. The number of fused-ring (bicyclic) bond motifs is 2. The van der Waals surface area contributed by atoms with Gasteiger partial charge < -0.3 is 0 Å². The minimum atomic E-state index is -0.00383. The molecule has 0 saturated heterocycles. The molecule has 2 aliphatic rings. The molecule has 2 aromatic rings. The number of nitrogens with zero attached hydrogens (tertiary/aromatic N) is 4. The zero-order valence-corrected chi connectivity index (χ0v) is 12.3. The standard InChI is InChI=1S/C17H16N4O/c1-12(13-6-3-2-4-7-13)21-15-14(8-5-9-18-15)16(22)20-11-10-19-17(20)21/h2-9,12H,10-11H2,1H3. The van der Waals surface area contributed by atoms with E-state index in [-0.39, 0.29) is 11.9 Å². The summed E-state index contributed by atoms with van der Waals surface area (Å²) >= 11 is 0. The summed E-state index contributed by atoms with van der Waals surface area (Å²) in [5.41, 5.74) is 1.81. The van der Waals surface area contributed by atoms with Crippen LogP contribution in [0.2, 0.25) is 0 Å². The summed E-state index contributed by atoms with van der Waals surface area (Å²) in [5.74, 6) is 1.41. The van der Waals surface area contributed by atoms with E-state index in [9.17, 15) is 4.79 Å². The SMILES string of the molecule is CC(c1ccccc1)N1C2=NCCN2C(=O)c2cccnc21. The summed E-state index contributed by atoms with van der Waals surface area (Å²) in [6.07, 6.45) is 1.72. The molecular weight excluding hydrogens is 276 g/mol. The predicted octanol–water partition coefficient (Wildman–Crippen LogP) is 2.47. The van der Waals surface area contributed by atoms with Gasteiger partial charge in [-0.3, -0.25) is 19.6 Å². The lowest BCUT2D eigenvalue weighted by Crippen LogP contribution is -2.51. The van der Waals surface area contributed by atoms with E-state index in [0.29, 0.717) is 30.4 Å². The van der Waals surface area contributed by atoms with Crippen molar-refractivity contribution >= 4 is 17.7 Å². The fourth-order valence-corrected chi connectivity index (χ4v) is 3.07. The number of aliphatic imine (C=N–C) groups is 1. The van der Waals surface area contributed by atoms with Crippen LogP contribution in [-0.4, -0.2) is 34.8 Å². The molecule has 0 aliphatic carbocycles. The fraction of sp³-hybridized carbons (Fsp3) is 0.235. The Morgan fingerprint density at radius 2 is 1.95 bits per heavy atom. The maximum Gasteiger partial charge on any atom is 0.264 e. The van der Waals surface area contributed by atoms with Gasteiger partial charge in [0, 0.05) is 12.7 Å². The number of carbonyl (C=O) groups is 1. The average molecular weight is 292 g/mol. The van der Waals surface area contributed by atoms with Crippen molar-refractivity contribution in [3.05, 3.63) is 59.8 Å². The first-order chi connectivity index (χ1) is 10.8. The maximum absolute atomic E-state index is 12.6. The van der Waals surface area contributed by atoms with Crippen molar-refractivity contribution in [1.82, 2.24) is 9.88 Å². The van der Waals surface area contributed by atoms with E-state index in [0.717, 1.165) is 0 Å². The van der Waals surface area contributed by atoms with Gasteiger partial charge in [-0.15, -0.1) is 0 Å². The normalized spacial score (nSPS) is 17.9. The van der Waals surface area contributed by atoms with E-state index in [4.69, 9.17) is 0 Å². The van der Waals surface area contributed by atoms with Crippen LogP contribution in [0.15, 0.2) is 53.7 Å². The Balaban J connectivity index is 1.86. The second-order valence-electron chi connectivity index (χ2n) is 5.47. The van der Waals surface area contributed by atoms with Gasteiger partial charge in [-0.05, 0) is 24.6 Å². The number of guanidine groups is 1. The van der Waals surface area contributed by atoms with E-state index in [1.807, 2.05) is 24.3 Å². The van der Waals surface area contributed by atoms with Gasteiger partial charge in [0.2, 0.25) is 5.96 Å². The van der Waals surface area contributed by atoms with E-state index in [1.54, 1.807) is 17.2 Å². The molecule has 0 radical (unpaired) electrons. The summed E-state index contributed by atoms with van der Waals surface area (Å²) in [6.45, 7) is 3.40. The zero-order valence-electron chi connectivity index (χ0n) is 12.3. The van der Waals surface area contributed by atoms with Crippen LogP contribution >= 0.6 is 0 Å². The van der Waals surface area contributed by atoms with Gasteiger partial charge in [0.25, 0.3) is 5.91 Å². The third-order valence-corrected chi connectivity index (χ3v) is 4.19. The second-order valence-corrected chi connectivity index (χ2v) is 5.47. The number of hydrogen-bond acceptors (Lipinski definition) is 4. The predicted molar refractivity (Wildman–Crippen MR) is 84.9 cm³/mol. The average Bonchev–Trinajstić information content (AvgIpc) is 3.05. The minimum Gasteiger partial charge on any atom is -0.289 e. The van der Waals surface area contributed by atoms with Gasteiger partial charge in [-0.1, -0.05) is 30.3 Å². The largest absolute Gasteiger partial charge is 0.289 e.